The van der Waals surface area contributed by atoms with Crippen molar-refractivity contribution in [3.63, 3.8) is 0 Å². The Kier molecular flexibility index (Phi) is 5.26. The highest BCUT2D eigenvalue weighted by Gasteiger charge is 2.37. The number of rotatable bonds is 4. The van der Waals surface area contributed by atoms with Gasteiger partial charge in [-0.15, -0.1) is 0 Å². The van der Waals surface area contributed by atoms with Gasteiger partial charge in [-0.2, -0.15) is 0 Å². The smallest absolute Gasteiger partial charge is 0.224 e. The summed E-state index contributed by atoms with van der Waals surface area (Å²) in [5, 5.41) is 25.2. The maximum absolute atomic E-state index is 12.6. The Morgan fingerprint density at radius 2 is 1.04 bits per heavy atom. The number of benzene rings is 2. The fraction of sp³-hybridized carbons (Fsp3) is 0.300. The Labute approximate surface area is 142 Å². The van der Waals surface area contributed by atoms with Crippen LogP contribution in [-0.2, 0) is 0 Å². The third kappa shape index (κ3) is 4.02. The summed E-state index contributed by atoms with van der Waals surface area (Å²) in [4.78, 5) is 0. The first-order valence-electron chi connectivity index (χ1n) is 8.45. The van der Waals surface area contributed by atoms with Crippen LogP contribution in [0, 0.1) is 10.4 Å². The molecule has 0 aromatic heterocycles. The molecule has 4 nitrogen and oxygen atoms in total. The van der Waals surface area contributed by atoms with Crippen molar-refractivity contribution in [2.24, 2.45) is 0 Å². The van der Waals surface area contributed by atoms with E-state index in [1.807, 2.05) is 60.7 Å². The lowest BCUT2D eigenvalue weighted by molar-refractivity contribution is -0.598. The highest BCUT2D eigenvalue weighted by Crippen LogP contribution is 2.23. The third-order valence-corrected chi connectivity index (χ3v) is 4.50. The van der Waals surface area contributed by atoms with Crippen LogP contribution in [0.25, 0.3) is 0 Å². The zero-order valence-corrected chi connectivity index (χ0v) is 13.6. The maximum atomic E-state index is 12.6. The predicted octanol–water partition coefficient (Wildman–Crippen LogP) is 3.56. The molecule has 0 bridgehead atoms. The van der Waals surface area contributed by atoms with E-state index in [0.717, 1.165) is 46.3 Å². The molecule has 1 saturated carbocycles. The van der Waals surface area contributed by atoms with Crippen LogP contribution in [0.3, 0.4) is 0 Å². The number of hydroxylamine groups is 2. The van der Waals surface area contributed by atoms with Gasteiger partial charge in [-0.1, -0.05) is 36.4 Å². The average Bonchev–Trinajstić information content (AvgIpc) is 2.63. The zero-order valence-electron chi connectivity index (χ0n) is 13.6. The lowest BCUT2D eigenvalue weighted by Gasteiger charge is -2.28. The van der Waals surface area contributed by atoms with E-state index in [9.17, 15) is 10.4 Å². The largest absolute Gasteiger partial charge is 0.623 e. The SMILES string of the molecule is [O-]/[N+](=C\c1ccccc1)[C@@H]1CCCC[C@H]1/[N+]([O-])=C/c1ccccc1. The first-order valence-corrected chi connectivity index (χ1v) is 8.45. The standard InChI is InChI=1S/C20H22N2O2/c23-21(15-17-9-3-1-4-10-17)19-13-7-8-14-20(19)22(24)16-18-11-5-2-6-12-18/h1-6,9-12,15-16,19-20H,7-8,13-14H2/b21-15-,22-16-/t19-,20-/m1/s1. The summed E-state index contributed by atoms with van der Waals surface area (Å²) >= 11 is 0. The Morgan fingerprint density at radius 3 is 1.42 bits per heavy atom. The van der Waals surface area contributed by atoms with Crippen molar-refractivity contribution in [1.82, 2.24) is 0 Å². The van der Waals surface area contributed by atoms with Gasteiger partial charge in [0.05, 0.1) is 0 Å². The van der Waals surface area contributed by atoms with Crippen molar-refractivity contribution < 1.29 is 9.48 Å². The summed E-state index contributed by atoms with van der Waals surface area (Å²) in [7, 11) is 0. The van der Waals surface area contributed by atoms with Crippen LogP contribution in [0.15, 0.2) is 60.7 Å². The van der Waals surface area contributed by atoms with Crippen LogP contribution in [0.1, 0.15) is 36.8 Å². The van der Waals surface area contributed by atoms with Crippen LogP contribution in [-0.4, -0.2) is 34.0 Å². The van der Waals surface area contributed by atoms with Crippen molar-refractivity contribution in [1.29, 1.82) is 0 Å². The molecule has 4 heteroatoms. The van der Waals surface area contributed by atoms with Gasteiger partial charge in [0, 0.05) is 24.0 Å². The van der Waals surface area contributed by atoms with E-state index in [1.54, 1.807) is 12.4 Å². The summed E-state index contributed by atoms with van der Waals surface area (Å²) in [5.74, 6) is 0. The molecule has 0 radical (unpaired) electrons. The molecule has 0 amide bonds. The summed E-state index contributed by atoms with van der Waals surface area (Å²) < 4.78 is 1.95. The monoisotopic (exact) mass is 322 g/mol. The minimum absolute atomic E-state index is 0.309. The Bertz CT molecular complexity index is 647. The van der Waals surface area contributed by atoms with Gasteiger partial charge < -0.3 is 10.4 Å². The molecule has 0 N–H and O–H groups in total. The van der Waals surface area contributed by atoms with Gasteiger partial charge in [0.25, 0.3) is 0 Å². The number of hydrogen-bond donors (Lipinski definition) is 0. The van der Waals surface area contributed by atoms with Gasteiger partial charge in [0.2, 0.25) is 12.1 Å². The van der Waals surface area contributed by atoms with Crippen LogP contribution in [0.4, 0.5) is 0 Å². The molecular weight excluding hydrogens is 300 g/mol. The van der Waals surface area contributed by atoms with Crippen LogP contribution in [0.2, 0.25) is 0 Å². The van der Waals surface area contributed by atoms with Crippen molar-refractivity contribution in [2.75, 3.05) is 0 Å². The average molecular weight is 322 g/mol. The van der Waals surface area contributed by atoms with Crippen LogP contribution < -0.4 is 0 Å². The number of hydrogen-bond acceptors (Lipinski definition) is 2. The molecule has 2 atom stereocenters. The highest BCUT2D eigenvalue weighted by atomic mass is 16.5. The molecule has 1 fully saturated rings. The van der Waals surface area contributed by atoms with Crippen LogP contribution >= 0.6 is 0 Å². The molecule has 24 heavy (non-hydrogen) atoms. The molecule has 1 aliphatic rings. The summed E-state index contributed by atoms with van der Waals surface area (Å²) in [6.07, 6.45) is 6.67. The van der Waals surface area contributed by atoms with Gasteiger partial charge in [-0.05, 0) is 37.1 Å². The van der Waals surface area contributed by atoms with E-state index in [1.165, 1.54) is 0 Å². The van der Waals surface area contributed by atoms with E-state index in [0.29, 0.717) is 0 Å². The van der Waals surface area contributed by atoms with E-state index >= 15 is 0 Å². The molecule has 0 unspecified atom stereocenters. The minimum atomic E-state index is -0.309. The van der Waals surface area contributed by atoms with Gasteiger partial charge in [0.15, 0.2) is 12.4 Å². The van der Waals surface area contributed by atoms with Gasteiger partial charge in [-0.25, -0.2) is 9.48 Å². The maximum Gasteiger partial charge on any atom is 0.224 e. The second-order valence-corrected chi connectivity index (χ2v) is 6.22. The van der Waals surface area contributed by atoms with E-state index in [-0.39, 0.29) is 12.1 Å². The van der Waals surface area contributed by atoms with E-state index < -0.39 is 0 Å². The topological polar surface area (TPSA) is 52.1 Å². The normalized spacial score (nSPS) is 22.3. The first kappa shape index (κ1) is 16.2. The number of nitrogens with zero attached hydrogens (tertiary/aromatic N) is 2. The minimum Gasteiger partial charge on any atom is -0.623 e. The molecule has 0 spiro atoms. The lowest BCUT2D eigenvalue weighted by atomic mass is 9.90. The first-order chi connectivity index (χ1) is 11.7. The lowest BCUT2D eigenvalue weighted by Crippen LogP contribution is -2.44. The summed E-state index contributed by atoms with van der Waals surface area (Å²) in [6, 6.07) is 18.4. The summed E-state index contributed by atoms with van der Waals surface area (Å²) in [5.41, 5.74) is 1.72. The van der Waals surface area contributed by atoms with E-state index in [4.69, 9.17) is 0 Å². The quantitative estimate of drug-likeness (QED) is 0.374. The fourth-order valence-electron chi connectivity index (χ4n) is 3.25. The second-order valence-electron chi connectivity index (χ2n) is 6.22. The van der Waals surface area contributed by atoms with Crippen molar-refractivity contribution in [3.05, 3.63) is 82.2 Å². The Hall–Kier alpha value is -2.62. The van der Waals surface area contributed by atoms with E-state index in [2.05, 4.69) is 0 Å². The zero-order chi connectivity index (χ0) is 16.8. The Morgan fingerprint density at radius 1 is 0.667 bits per heavy atom. The second kappa shape index (κ2) is 7.77. The fourth-order valence-corrected chi connectivity index (χ4v) is 3.25. The van der Waals surface area contributed by atoms with Gasteiger partial charge >= 0.3 is 0 Å². The van der Waals surface area contributed by atoms with Crippen molar-refractivity contribution in [3.8, 4) is 0 Å². The van der Waals surface area contributed by atoms with Crippen LogP contribution in [0.5, 0.6) is 0 Å². The van der Waals surface area contributed by atoms with Crippen molar-refractivity contribution >= 4 is 12.4 Å². The molecule has 124 valence electrons. The molecular formula is C20H22N2O2. The summed E-state index contributed by atoms with van der Waals surface area (Å²) in [6.45, 7) is 0. The molecule has 0 saturated heterocycles. The molecule has 2 aromatic carbocycles. The third-order valence-electron chi connectivity index (χ3n) is 4.50. The van der Waals surface area contributed by atoms with Gasteiger partial charge in [-0.3, -0.25) is 0 Å². The molecule has 0 heterocycles. The molecule has 3 rings (SSSR count). The predicted molar refractivity (Wildman–Crippen MR) is 96.5 cm³/mol. The molecule has 0 aliphatic heterocycles. The highest BCUT2D eigenvalue weighted by molar-refractivity contribution is 5.76. The Balaban J connectivity index is 1.83. The molecule has 2 aromatic rings. The van der Waals surface area contributed by atoms with Gasteiger partial charge in [0.1, 0.15) is 0 Å². The van der Waals surface area contributed by atoms with Crippen molar-refractivity contribution in [2.45, 2.75) is 37.8 Å². The molecule has 1 aliphatic carbocycles.